The number of hydrogen-bond donors (Lipinski definition) is 1. The van der Waals surface area contributed by atoms with Gasteiger partial charge in [0.2, 0.25) is 5.89 Å². The zero-order valence-electron chi connectivity index (χ0n) is 9.93. The van der Waals surface area contributed by atoms with E-state index in [1.54, 1.807) is 7.11 Å². The standard InChI is InChI=1S/C12H15N3O2/c1-13-8-11-14-12(17-15-11)7-9-4-3-5-10(6-9)16-2/h3-6,13H,7-8H2,1-2H3. The van der Waals surface area contributed by atoms with Gasteiger partial charge in [-0.3, -0.25) is 0 Å². The largest absolute Gasteiger partial charge is 0.497 e. The van der Waals surface area contributed by atoms with Crippen molar-refractivity contribution in [2.24, 2.45) is 0 Å². The van der Waals surface area contributed by atoms with Crippen molar-refractivity contribution in [2.75, 3.05) is 14.2 Å². The molecule has 1 heterocycles. The van der Waals surface area contributed by atoms with Crippen molar-refractivity contribution >= 4 is 0 Å². The molecule has 0 bridgehead atoms. The molecule has 0 aliphatic heterocycles. The lowest BCUT2D eigenvalue weighted by Crippen LogP contribution is -2.06. The Morgan fingerprint density at radius 2 is 2.29 bits per heavy atom. The van der Waals surface area contributed by atoms with E-state index in [2.05, 4.69) is 15.5 Å². The Labute approximate surface area is 99.8 Å². The number of rotatable bonds is 5. The Hall–Kier alpha value is -1.88. The molecule has 2 aromatic rings. The molecule has 0 aliphatic rings. The molecule has 0 atom stereocenters. The summed E-state index contributed by atoms with van der Waals surface area (Å²) >= 11 is 0. The van der Waals surface area contributed by atoms with Crippen molar-refractivity contribution in [3.8, 4) is 5.75 Å². The predicted octanol–water partition coefficient (Wildman–Crippen LogP) is 1.39. The Balaban J connectivity index is 2.08. The minimum absolute atomic E-state index is 0.613. The fraction of sp³-hybridized carbons (Fsp3) is 0.333. The smallest absolute Gasteiger partial charge is 0.231 e. The van der Waals surface area contributed by atoms with Crippen LogP contribution >= 0.6 is 0 Å². The molecule has 0 saturated carbocycles. The summed E-state index contributed by atoms with van der Waals surface area (Å²) in [6, 6.07) is 7.81. The van der Waals surface area contributed by atoms with Crippen molar-refractivity contribution in [3.05, 3.63) is 41.5 Å². The van der Waals surface area contributed by atoms with Crippen LogP contribution < -0.4 is 10.1 Å². The first-order valence-corrected chi connectivity index (χ1v) is 5.41. The van der Waals surface area contributed by atoms with Gasteiger partial charge in [0.05, 0.1) is 20.1 Å². The number of ether oxygens (including phenoxy) is 1. The average Bonchev–Trinajstić information content (AvgIpc) is 2.77. The SMILES string of the molecule is CNCc1noc(Cc2cccc(OC)c2)n1. The highest BCUT2D eigenvalue weighted by Gasteiger charge is 2.06. The van der Waals surface area contributed by atoms with Crippen LogP contribution in [0.2, 0.25) is 0 Å². The van der Waals surface area contributed by atoms with Crippen molar-refractivity contribution < 1.29 is 9.26 Å². The van der Waals surface area contributed by atoms with Gasteiger partial charge >= 0.3 is 0 Å². The minimum atomic E-state index is 0.613. The van der Waals surface area contributed by atoms with Crippen molar-refractivity contribution in [1.82, 2.24) is 15.5 Å². The molecule has 0 radical (unpaired) electrons. The number of hydrogen-bond acceptors (Lipinski definition) is 5. The van der Waals surface area contributed by atoms with Crippen molar-refractivity contribution in [3.63, 3.8) is 0 Å². The van der Waals surface area contributed by atoms with Gasteiger partial charge in [0.25, 0.3) is 0 Å². The van der Waals surface area contributed by atoms with E-state index in [0.29, 0.717) is 24.7 Å². The second-order valence-corrected chi connectivity index (χ2v) is 3.66. The summed E-state index contributed by atoms with van der Waals surface area (Å²) < 4.78 is 10.3. The molecule has 5 heteroatoms. The van der Waals surface area contributed by atoms with E-state index >= 15 is 0 Å². The van der Waals surface area contributed by atoms with E-state index in [1.165, 1.54) is 0 Å². The van der Waals surface area contributed by atoms with E-state index in [9.17, 15) is 0 Å². The van der Waals surface area contributed by atoms with Gasteiger partial charge in [-0.05, 0) is 24.7 Å². The molecule has 0 aliphatic carbocycles. The number of nitrogens with zero attached hydrogens (tertiary/aromatic N) is 2. The van der Waals surface area contributed by atoms with Gasteiger partial charge < -0.3 is 14.6 Å². The molecule has 5 nitrogen and oxygen atoms in total. The van der Waals surface area contributed by atoms with Crippen LogP contribution in [-0.2, 0) is 13.0 Å². The highest BCUT2D eigenvalue weighted by atomic mass is 16.5. The Bertz CT molecular complexity index is 482. The summed E-state index contributed by atoms with van der Waals surface area (Å²) in [7, 11) is 3.49. The Morgan fingerprint density at radius 3 is 3.06 bits per heavy atom. The fourth-order valence-electron chi connectivity index (χ4n) is 1.55. The lowest BCUT2D eigenvalue weighted by Gasteiger charge is -2.01. The lowest BCUT2D eigenvalue weighted by atomic mass is 10.1. The maximum atomic E-state index is 5.16. The number of benzene rings is 1. The van der Waals surface area contributed by atoms with Crippen LogP contribution in [0.15, 0.2) is 28.8 Å². The third-order valence-electron chi connectivity index (χ3n) is 2.33. The van der Waals surface area contributed by atoms with Crippen LogP contribution in [0.5, 0.6) is 5.75 Å². The third kappa shape index (κ3) is 3.04. The molecule has 2 rings (SSSR count). The molecular formula is C12H15N3O2. The molecule has 90 valence electrons. The Kier molecular flexibility index (Phi) is 3.72. The van der Waals surface area contributed by atoms with Crippen molar-refractivity contribution in [1.29, 1.82) is 0 Å². The quantitative estimate of drug-likeness (QED) is 0.845. The van der Waals surface area contributed by atoms with Crippen LogP contribution in [0.3, 0.4) is 0 Å². The van der Waals surface area contributed by atoms with E-state index in [4.69, 9.17) is 9.26 Å². The average molecular weight is 233 g/mol. The number of nitrogens with one attached hydrogen (secondary N) is 1. The first-order chi connectivity index (χ1) is 8.31. The minimum Gasteiger partial charge on any atom is -0.497 e. The maximum Gasteiger partial charge on any atom is 0.231 e. The molecule has 0 unspecified atom stereocenters. The van der Waals surface area contributed by atoms with Crippen LogP contribution in [0.1, 0.15) is 17.3 Å². The normalized spacial score (nSPS) is 10.5. The highest BCUT2D eigenvalue weighted by molar-refractivity contribution is 5.29. The van der Waals surface area contributed by atoms with Gasteiger partial charge in [0.1, 0.15) is 5.75 Å². The van der Waals surface area contributed by atoms with Gasteiger partial charge in [-0.25, -0.2) is 0 Å². The van der Waals surface area contributed by atoms with Gasteiger partial charge in [0.15, 0.2) is 5.82 Å². The van der Waals surface area contributed by atoms with Gasteiger partial charge in [0, 0.05) is 0 Å². The lowest BCUT2D eigenvalue weighted by molar-refractivity contribution is 0.378. The first kappa shape index (κ1) is 11.6. The Morgan fingerprint density at radius 1 is 1.41 bits per heavy atom. The second-order valence-electron chi connectivity index (χ2n) is 3.66. The van der Waals surface area contributed by atoms with Crippen LogP contribution in [0.4, 0.5) is 0 Å². The summed E-state index contributed by atoms with van der Waals surface area (Å²) in [5.74, 6) is 2.12. The molecule has 0 amide bonds. The molecule has 0 spiro atoms. The van der Waals surface area contributed by atoms with Gasteiger partial charge in [-0.15, -0.1) is 0 Å². The molecule has 0 fully saturated rings. The summed E-state index contributed by atoms with van der Waals surface area (Å²) in [6.45, 7) is 0.613. The molecule has 1 N–H and O–H groups in total. The van der Waals surface area contributed by atoms with E-state index in [0.717, 1.165) is 11.3 Å². The van der Waals surface area contributed by atoms with E-state index in [-0.39, 0.29) is 0 Å². The fourth-order valence-corrected chi connectivity index (χ4v) is 1.55. The molecule has 17 heavy (non-hydrogen) atoms. The number of aromatic nitrogens is 2. The first-order valence-electron chi connectivity index (χ1n) is 5.41. The van der Waals surface area contributed by atoms with E-state index < -0.39 is 0 Å². The van der Waals surface area contributed by atoms with Gasteiger partial charge in [-0.2, -0.15) is 4.98 Å². The summed E-state index contributed by atoms with van der Waals surface area (Å²) in [5, 5.41) is 6.84. The second kappa shape index (κ2) is 5.45. The van der Waals surface area contributed by atoms with E-state index in [1.807, 2.05) is 31.3 Å². The summed E-state index contributed by atoms with van der Waals surface area (Å²) in [5.41, 5.74) is 1.09. The molecular weight excluding hydrogens is 218 g/mol. The third-order valence-corrected chi connectivity index (χ3v) is 2.33. The van der Waals surface area contributed by atoms with Crippen LogP contribution in [-0.4, -0.2) is 24.3 Å². The zero-order chi connectivity index (χ0) is 12.1. The predicted molar refractivity (Wildman–Crippen MR) is 62.9 cm³/mol. The maximum absolute atomic E-state index is 5.16. The topological polar surface area (TPSA) is 60.2 Å². The van der Waals surface area contributed by atoms with Crippen LogP contribution in [0.25, 0.3) is 0 Å². The zero-order valence-corrected chi connectivity index (χ0v) is 9.93. The van der Waals surface area contributed by atoms with Crippen molar-refractivity contribution in [2.45, 2.75) is 13.0 Å². The summed E-state index contributed by atoms with van der Waals surface area (Å²) in [4.78, 5) is 4.27. The number of methoxy groups -OCH3 is 1. The molecule has 1 aromatic carbocycles. The summed E-state index contributed by atoms with van der Waals surface area (Å²) in [6.07, 6.45) is 0.619. The van der Waals surface area contributed by atoms with Crippen LogP contribution in [0, 0.1) is 0 Å². The molecule has 1 aromatic heterocycles. The molecule has 0 saturated heterocycles. The highest BCUT2D eigenvalue weighted by Crippen LogP contribution is 2.15. The van der Waals surface area contributed by atoms with Gasteiger partial charge in [-0.1, -0.05) is 17.3 Å². The monoisotopic (exact) mass is 233 g/mol.